The lowest BCUT2D eigenvalue weighted by Gasteiger charge is -2.06. The van der Waals surface area contributed by atoms with E-state index in [2.05, 4.69) is 21.4 Å². The molecule has 0 atom stereocenters. The summed E-state index contributed by atoms with van der Waals surface area (Å²) in [7, 11) is 8.90. The highest BCUT2D eigenvalue weighted by Gasteiger charge is 2.09. The van der Waals surface area contributed by atoms with Crippen LogP contribution in [0.15, 0.2) is 59.5 Å². The minimum absolute atomic E-state index is 0.0660. The van der Waals surface area contributed by atoms with E-state index in [-0.39, 0.29) is 4.90 Å². The molecular formula is C13H11Cl3O4S2. The highest BCUT2D eigenvalue weighted by molar-refractivity contribution is 8.26. The predicted molar refractivity (Wildman–Crippen MR) is 90.1 cm³/mol. The average molecular weight is 402 g/mol. The number of ether oxygens (including phenoxy) is 1. The lowest BCUT2D eigenvalue weighted by molar-refractivity contribution is 0.306. The van der Waals surface area contributed by atoms with Gasteiger partial charge in [0, 0.05) is 32.0 Å². The first-order chi connectivity index (χ1) is 10.3. The third kappa shape index (κ3) is 8.00. The van der Waals surface area contributed by atoms with Crippen molar-refractivity contribution in [2.45, 2.75) is 11.5 Å². The van der Waals surface area contributed by atoms with Crippen molar-refractivity contribution < 1.29 is 17.4 Å². The standard InChI is InChI=1S/C13H11ClO3S.Cl2OS/c14-18(15,16)13-8-6-12(7-9-13)17-10-11-4-2-1-3-5-11;1-4(2)3/h1-9H,10H2;. The molecule has 2 rings (SSSR count). The van der Waals surface area contributed by atoms with Crippen LogP contribution in [0.2, 0.25) is 0 Å². The van der Waals surface area contributed by atoms with Crippen LogP contribution in [0.5, 0.6) is 5.75 Å². The second-order valence-corrected chi connectivity index (χ2v) is 8.96. The van der Waals surface area contributed by atoms with Crippen molar-refractivity contribution in [2.24, 2.45) is 0 Å². The zero-order chi connectivity index (χ0) is 16.6. The number of hydrogen-bond acceptors (Lipinski definition) is 4. The Hall–Kier alpha value is -0.790. The van der Waals surface area contributed by atoms with Crippen LogP contribution in [-0.2, 0) is 24.9 Å². The van der Waals surface area contributed by atoms with Gasteiger partial charge in [0.15, 0.2) is 0 Å². The average Bonchev–Trinajstić information content (AvgIpc) is 2.45. The Balaban J connectivity index is 0.000000541. The fourth-order valence-corrected chi connectivity index (χ4v) is 2.21. The van der Waals surface area contributed by atoms with Gasteiger partial charge in [0.2, 0.25) is 9.23 Å². The Morgan fingerprint density at radius 3 is 1.91 bits per heavy atom. The maximum Gasteiger partial charge on any atom is 0.261 e. The van der Waals surface area contributed by atoms with Gasteiger partial charge in [-0.25, -0.2) is 12.6 Å². The molecule has 0 radical (unpaired) electrons. The monoisotopic (exact) mass is 400 g/mol. The SMILES string of the molecule is O=S(=O)(Cl)c1ccc(OCc2ccccc2)cc1.O=S(Cl)Cl. The first-order valence-corrected chi connectivity index (χ1v) is 10.9. The van der Waals surface area contributed by atoms with E-state index < -0.39 is 18.3 Å². The molecule has 0 bridgehead atoms. The fourth-order valence-electron chi connectivity index (χ4n) is 1.44. The Morgan fingerprint density at radius 2 is 1.45 bits per heavy atom. The van der Waals surface area contributed by atoms with Gasteiger partial charge in [-0.15, -0.1) is 0 Å². The van der Waals surface area contributed by atoms with Crippen molar-refractivity contribution in [1.29, 1.82) is 0 Å². The summed E-state index contributed by atoms with van der Waals surface area (Å²) in [6.45, 7) is 0.438. The normalized spacial score (nSPS) is 10.7. The van der Waals surface area contributed by atoms with E-state index in [1.54, 1.807) is 12.1 Å². The first kappa shape index (κ1) is 19.3. The Kier molecular flexibility index (Phi) is 8.20. The molecule has 4 nitrogen and oxygen atoms in total. The number of benzene rings is 2. The molecule has 0 aliphatic carbocycles. The van der Waals surface area contributed by atoms with Gasteiger partial charge in [0.1, 0.15) is 12.4 Å². The van der Waals surface area contributed by atoms with Crippen LogP contribution in [0.3, 0.4) is 0 Å². The van der Waals surface area contributed by atoms with Crippen molar-refractivity contribution in [3.05, 3.63) is 60.2 Å². The molecule has 120 valence electrons. The molecule has 0 fully saturated rings. The van der Waals surface area contributed by atoms with E-state index in [9.17, 15) is 8.42 Å². The molecule has 0 amide bonds. The zero-order valence-corrected chi connectivity index (χ0v) is 14.9. The molecule has 22 heavy (non-hydrogen) atoms. The molecule has 2 aromatic rings. The van der Waals surface area contributed by atoms with Crippen LogP contribution in [0.1, 0.15) is 5.56 Å². The van der Waals surface area contributed by atoms with Gasteiger partial charge in [-0.2, -0.15) is 0 Å². The van der Waals surface area contributed by atoms with Gasteiger partial charge >= 0.3 is 0 Å². The van der Waals surface area contributed by atoms with Crippen LogP contribution in [0.4, 0.5) is 0 Å². The summed E-state index contributed by atoms with van der Waals surface area (Å²) >= 11 is 0. The van der Waals surface area contributed by atoms with E-state index in [1.165, 1.54) is 12.1 Å². The van der Waals surface area contributed by atoms with Gasteiger partial charge in [-0.1, -0.05) is 30.3 Å². The second-order valence-electron chi connectivity index (χ2n) is 3.87. The maximum absolute atomic E-state index is 11.0. The maximum atomic E-state index is 11.0. The number of hydrogen-bond donors (Lipinski definition) is 0. The van der Waals surface area contributed by atoms with Crippen LogP contribution < -0.4 is 4.74 Å². The second kappa shape index (κ2) is 9.37. The summed E-state index contributed by atoms with van der Waals surface area (Å²) in [6, 6.07) is 15.7. The highest BCUT2D eigenvalue weighted by atomic mass is 36.0. The molecule has 0 N–H and O–H groups in total. The summed E-state index contributed by atoms with van der Waals surface area (Å²) in [5, 5.41) is 0. The summed E-state index contributed by atoms with van der Waals surface area (Å²) in [4.78, 5) is 0.0660. The van der Waals surface area contributed by atoms with Gasteiger partial charge in [0.05, 0.1) is 4.90 Å². The minimum Gasteiger partial charge on any atom is -0.489 e. The van der Waals surface area contributed by atoms with E-state index in [0.717, 1.165) is 5.56 Å². The quantitative estimate of drug-likeness (QED) is 0.719. The van der Waals surface area contributed by atoms with Crippen molar-refractivity contribution >= 4 is 50.3 Å². The smallest absolute Gasteiger partial charge is 0.261 e. The zero-order valence-electron chi connectivity index (χ0n) is 11.0. The van der Waals surface area contributed by atoms with Crippen LogP contribution >= 0.6 is 32.0 Å². The largest absolute Gasteiger partial charge is 0.489 e. The topological polar surface area (TPSA) is 60.4 Å². The minimum atomic E-state index is -3.67. The van der Waals surface area contributed by atoms with E-state index in [0.29, 0.717) is 12.4 Å². The highest BCUT2D eigenvalue weighted by Crippen LogP contribution is 2.19. The van der Waals surface area contributed by atoms with Crippen molar-refractivity contribution in [3.63, 3.8) is 0 Å². The summed E-state index contributed by atoms with van der Waals surface area (Å²) in [6.07, 6.45) is 0. The first-order valence-electron chi connectivity index (χ1n) is 5.75. The molecule has 2 aromatic carbocycles. The molecule has 0 aromatic heterocycles. The van der Waals surface area contributed by atoms with Gasteiger partial charge < -0.3 is 4.74 Å². The molecule has 0 heterocycles. The van der Waals surface area contributed by atoms with E-state index in [1.807, 2.05) is 30.3 Å². The van der Waals surface area contributed by atoms with Crippen LogP contribution in [0.25, 0.3) is 0 Å². The third-order valence-electron chi connectivity index (χ3n) is 2.35. The summed E-state index contributed by atoms with van der Waals surface area (Å²) in [5.41, 5.74) is 1.05. The van der Waals surface area contributed by atoms with Crippen LogP contribution in [0, 0.1) is 0 Å². The number of halogens is 3. The Morgan fingerprint density at radius 1 is 0.955 bits per heavy atom. The fraction of sp³-hybridized carbons (Fsp3) is 0.0769. The van der Waals surface area contributed by atoms with Gasteiger partial charge in [-0.3, -0.25) is 0 Å². The molecule has 0 aliphatic heterocycles. The lowest BCUT2D eigenvalue weighted by Crippen LogP contribution is -1.96. The van der Waals surface area contributed by atoms with Gasteiger partial charge in [0.25, 0.3) is 9.05 Å². The van der Waals surface area contributed by atoms with Crippen molar-refractivity contribution in [2.75, 3.05) is 0 Å². The van der Waals surface area contributed by atoms with Gasteiger partial charge in [-0.05, 0) is 29.8 Å². The Labute approximate surface area is 144 Å². The molecule has 0 saturated heterocycles. The summed E-state index contributed by atoms with van der Waals surface area (Å²) in [5.74, 6) is 0.600. The molecule has 9 heteroatoms. The Bertz CT molecular complexity index is 700. The molecule has 0 unspecified atom stereocenters. The third-order valence-corrected chi connectivity index (χ3v) is 3.72. The number of rotatable bonds is 4. The molecular weight excluding hydrogens is 391 g/mol. The molecule has 0 aliphatic rings. The molecule has 0 saturated carbocycles. The predicted octanol–water partition coefficient (Wildman–Crippen LogP) is 4.24. The summed E-state index contributed by atoms with van der Waals surface area (Å²) < 4.78 is 36.7. The lowest BCUT2D eigenvalue weighted by atomic mass is 10.2. The van der Waals surface area contributed by atoms with Crippen LogP contribution in [-0.4, -0.2) is 12.6 Å². The van der Waals surface area contributed by atoms with Crippen molar-refractivity contribution in [3.8, 4) is 5.75 Å². The molecule has 0 spiro atoms. The van der Waals surface area contributed by atoms with E-state index in [4.69, 9.17) is 19.6 Å². The van der Waals surface area contributed by atoms with Crippen molar-refractivity contribution in [1.82, 2.24) is 0 Å². The van der Waals surface area contributed by atoms with E-state index >= 15 is 0 Å².